The third-order valence-electron chi connectivity index (χ3n) is 5.47. The van der Waals surface area contributed by atoms with Crippen molar-refractivity contribution in [1.82, 2.24) is 24.9 Å². The molecule has 0 radical (unpaired) electrons. The van der Waals surface area contributed by atoms with Crippen LogP contribution in [0.4, 0.5) is 5.69 Å². The van der Waals surface area contributed by atoms with Crippen LogP contribution in [0.1, 0.15) is 13.3 Å². The van der Waals surface area contributed by atoms with Gasteiger partial charge in [-0.3, -0.25) is 14.5 Å². The Morgan fingerprint density at radius 1 is 1.23 bits per heavy atom. The molecule has 3 rings (SSSR count). The van der Waals surface area contributed by atoms with Crippen molar-refractivity contribution in [2.75, 3.05) is 63.8 Å². The van der Waals surface area contributed by atoms with Gasteiger partial charge in [0.05, 0.1) is 18.4 Å². The van der Waals surface area contributed by atoms with Crippen LogP contribution in [-0.2, 0) is 11.8 Å². The molecule has 8 nitrogen and oxygen atoms in total. The number of hydrogen-bond donors (Lipinski definition) is 1. The lowest BCUT2D eigenvalue weighted by molar-refractivity contribution is -0.122. The van der Waals surface area contributed by atoms with Crippen molar-refractivity contribution in [2.24, 2.45) is 13.0 Å². The highest BCUT2D eigenvalue weighted by Crippen LogP contribution is 2.21. The zero-order valence-electron chi connectivity index (χ0n) is 15.9. The Hall–Kier alpha value is -1.93. The molecule has 0 saturated carbocycles. The van der Waals surface area contributed by atoms with Gasteiger partial charge in [-0.15, -0.1) is 0 Å². The zero-order valence-corrected chi connectivity index (χ0v) is 15.9. The van der Waals surface area contributed by atoms with E-state index in [1.54, 1.807) is 19.3 Å². The summed E-state index contributed by atoms with van der Waals surface area (Å²) in [6, 6.07) is 1.63. The first-order valence-electron chi connectivity index (χ1n) is 9.55. The number of likely N-dealkylation sites (N-methyl/N-ethyl adjacent to an activating group) is 1. The molecule has 0 spiro atoms. The summed E-state index contributed by atoms with van der Waals surface area (Å²) in [7, 11) is 1.65. The molecule has 3 heterocycles. The van der Waals surface area contributed by atoms with Crippen LogP contribution in [0, 0.1) is 5.92 Å². The van der Waals surface area contributed by atoms with Gasteiger partial charge in [0, 0.05) is 58.9 Å². The lowest BCUT2D eigenvalue weighted by Crippen LogP contribution is -2.49. The number of aryl methyl sites for hydroxylation is 1. The fourth-order valence-electron chi connectivity index (χ4n) is 3.65. The van der Waals surface area contributed by atoms with Gasteiger partial charge in [0.25, 0.3) is 5.56 Å². The molecule has 2 aliphatic rings. The van der Waals surface area contributed by atoms with E-state index < -0.39 is 0 Å². The van der Waals surface area contributed by atoms with Crippen LogP contribution >= 0.6 is 0 Å². The minimum absolute atomic E-state index is 0.0950. The van der Waals surface area contributed by atoms with Crippen molar-refractivity contribution in [3.8, 4) is 0 Å². The Morgan fingerprint density at radius 2 is 1.96 bits per heavy atom. The number of rotatable bonds is 6. The van der Waals surface area contributed by atoms with Crippen LogP contribution in [-0.4, -0.2) is 84.4 Å². The number of nitrogens with one attached hydrogen (secondary N) is 1. The van der Waals surface area contributed by atoms with E-state index in [0.29, 0.717) is 19.0 Å². The molecule has 0 aromatic carbocycles. The first-order chi connectivity index (χ1) is 12.5. The van der Waals surface area contributed by atoms with Gasteiger partial charge in [0.15, 0.2) is 0 Å². The molecule has 2 fully saturated rings. The van der Waals surface area contributed by atoms with Crippen molar-refractivity contribution in [3.63, 3.8) is 0 Å². The van der Waals surface area contributed by atoms with Gasteiger partial charge >= 0.3 is 0 Å². The molecule has 0 bridgehead atoms. The van der Waals surface area contributed by atoms with Gasteiger partial charge in [0.2, 0.25) is 5.91 Å². The minimum atomic E-state index is -0.0950. The van der Waals surface area contributed by atoms with Crippen LogP contribution in [0.5, 0.6) is 0 Å². The second-order valence-electron chi connectivity index (χ2n) is 7.29. The van der Waals surface area contributed by atoms with Gasteiger partial charge in [0.1, 0.15) is 0 Å². The van der Waals surface area contributed by atoms with E-state index in [4.69, 9.17) is 0 Å². The average molecular weight is 362 g/mol. The van der Waals surface area contributed by atoms with Crippen LogP contribution in [0.15, 0.2) is 17.1 Å². The number of nitrogens with zero attached hydrogens (tertiary/aromatic N) is 5. The second-order valence-corrected chi connectivity index (χ2v) is 7.29. The molecule has 1 atom stereocenters. The summed E-state index contributed by atoms with van der Waals surface area (Å²) < 4.78 is 1.33. The normalized spacial score (nSPS) is 21.9. The van der Waals surface area contributed by atoms with Crippen LogP contribution < -0.4 is 15.8 Å². The Labute approximate surface area is 154 Å². The summed E-state index contributed by atoms with van der Waals surface area (Å²) in [5.41, 5.74) is 0.776. The molecule has 144 valence electrons. The van der Waals surface area contributed by atoms with Crippen molar-refractivity contribution in [1.29, 1.82) is 0 Å². The SMILES string of the molecule is CCN1CCN(CC(=O)NC[C@@H]2CCN(c3cnn(C)c(=O)c3)C2)CC1. The van der Waals surface area contributed by atoms with E-state index in [9.17, 15) is 9.59 Å². The Morgan fingerprint density at radius 3 is 2.65 bits per heavy atom. The van der Waals surface area contributed by atoms with Gasteiger partial charge in [-0.05, 0) is 18.9 Å². The summed E-state index contributed by atoms with van der Waals surface area (Å²) in [6.07, 6.45) is 2.75. The quantitative estimate of drug-likeness (QED) is 0.726. The third kappa shape index (κ3) is 4.82. The maximum atomic E-state index is 12.2. The summed E-state index contributed by atoms with van der Waals surface area (Å²) >= 11 is 0. The first kappa shape index (κ1) is 18.8. The predicted molar refractivity (Wildman–Crippen MR) is 101 cm³/mol. The van der Waals surface area contributed by atoms with E-state index in [2.05, 4.69) is 32.0 Å². The standard InChI is InChI=1S/C18H30N6O2/c1-3-22-6-8-23(9-7-22)14-17(25)19-11-15-4-5-24(13-15)16-10-18(26)21(2)20-12-16/h10,12,15H,3-9,11,13-14H2,1-2H3,(H,19,25)/t15-/m0/s1. The highest BCUT2D eigenvalue weighted by molar-refractivity contribution is 5.78. The molecule has 2 saturated heterocycles. The fourth-order valence-corrected chi connectivity index (χ4v) is 3.65. The topological polar surface area (TPSA) is 73.7 Å². The van der Waals surface area contributed by atoms with E-state index in [0.717, 1.165) is 57.9 Å². The summed E-state index contributed by atoms with van der Waals surface area (Å²) in [4.78, 5) is 30.8. The molecule has 1 N–H and O–H groups in total. The van der Waals surface area contributed by atoms with E-state index in [-0.39, 0.29) is 11.5 Å². The van der Waals surface area contributed by atoms with E-state index >= 15 is 0 Å². The zero-order chi connectivity index (χ0) is 18.5. The summed E-state index contributed by atoms with van der Waals surface area (Å²) in [5, 5.41) is 7.17. The van der Waals surface area contributed by atoms with Crippen LogP contribution in [0.25, 0.3) is 0 Å². The Kier molecular flexibility index (Phi) is 6.26. The lowest BCUT2D eigenvalue weighted by Gasteiger charge is -2.33. The number of anilines is 1. The van der Waals surface area contributed by atoms with Gasteiger partial charge in [-0.25, -0.2) is 4.68 Å². The largest absolute Gasteiger partial charge is 0.370 e. The van der Waals surface area contributed by atoms with Crippen molar-refractivity contribution < 1.29 is 4.79 Å². The highest BCUT2D eigenvalue weighted by atomic mass is 16.2. The van der Waals surface area contributed by atoms with Gasteiger partial charge < -0.3 is 15.1 Å². The maximum Gasteiger partial charge on any atom is 0.268 e. The number of carbonyl (C=O) groups excluding carboxylic acids is 1. The molecule has 1 aromatic heterocycles. The summed E-state index contributed by atoms with van der Waals surface area (Å²) in [6.45, 7) is 10.2. The molecule has 1 aromatic rings. The number of carbonyl (C=O) groups is 1. The molecule has 2 aliphatic heterocycles. The predicted octanol–water partition coefficient (Wildman–Crippen LogP) is -0.640. The molecule has 8 heteroatoms. The second kappa shape index (κ2) is 8.64. The fraction of sp³-hybridized carbons (Fsp3) is 0.722. The van der Waals surface area contributed by atoms with Crippen molar-refractivity contribution in [2.45, 2.75) is 13.3 Å². The smallest absolute Gasteiger partial charge is 0.268 e. The van der Waals surface area contributed by atoms with Gasteiger partial charge in [-0.2, -0.15) is 5.10 Å². The van der Waals surface area contributed by atoms with Gasteiger partial charge in [-0.1, -0.05) is 6.92 Å². The maximum absolute atomic E-state index is 12.2. The molecular weight excluding hydrogens is 332 g/mol. The monoisotopic (exact) mass is 362 g/mol. The van der Waals surface area contributed by atoms with Crippen LogP contribution in [0.3, 0.4) is 0 Å². The van der Waals surface area contributed by atoms with Crippen LogP contribution in [0.2, 0.25) is 0 Å². The molecular formula is C18H30N6O2. The third-order valence-corrected chi connectivity index (χ3v) is 5.47. The van der Waals surface area contributed by atoms with E-state index in [1.807, 2.05) is 0 Å². The number of piperazine rings is 1. The summed E-state index contributed by atoms with van der Waals surface area (Å²) in [5.74, 6) is 0.531. The van der Waals surface area contributed by atoms with E-state index in [1.165, 1.54) is 4.68 Å². The number of aromatic nitrogens is 2. The first-order valence-corrected chi connectivity index (χ1v) is 9.55. The minimum Gasteiger partial charge on any atom is -0.370 e. The molecule has 0 aliphatic carbocycles. The lowest BCUT2D eigenvalue weighted by atomic mass is 10.1. The average Bonchev–Trinajstić information content (AvgIpc) is 3.12. The van der Waals surface area contributed by atoms with Crippen molar-refractivity contribution >= 4 is 11.6 Å². The number of amides is 1. The molecule has 26 heavy (non-hydrogen) atoms. The molecule has 0 unspecified atom stereocenters. The van der Waals surface area contributed by atoms with Crippen molar-refractivity contribution in [3.05, 3.63) is 22.6 Å². The number of hydrogen-bond acceptors (Lipinski definition) is 6. The molecule has 1 amide bonds. The highest BCUT2D eigenvalue weighted by Gasteiger charge is 2.24. The Balaban J connectivity index is 1.39. The Bertz CT molecular complexity index is 668.